The zero-order chi connectivity index (χ0) is 11.3. The van der Waals surface area contributed by atoms with Crippen molar-refractivity contribution >= 4 is 5.57 Å². The molecule has 0 atom stereocenters. The minimum atomic E-state index is 0.943. The summed E-state index contributed by atoms with van der Waals surface area (Å²) in [5.41, 5.74) is 4.29. The largest absolute Gasteiger partial charge is 0.256 e. The zero-order valence-electron chi connectivity index (χ0n) is 9.62. The Labute approximate surface area is 91.9 Å². The molecule has 0 radical (unpaired) electrons. The molecule has 0 unspecified atom stereocenters. The fraction of sp³-hybridized carbons (Fsp3) is 0.214. The molecule has 0 saturated heterocycles. The molecule has 0 spiro atoms. The highest BCUT2D eigenvalue weighted by molar-refractivity contribution is 5.70. The quantitative estimate of drug-likeness (QED) is 0.672. The second kappa shape index (κ2) is 5.30. The molecule has 1 aromatic rings. The van der Waals surface area contributed by atoms with Crippen LogP contribution in [0.2, 0.25) is 0 Å². The molecule has 1 heterocycles. The van der Waals surface area contributed by atoms with Gasteiger partial charge in [0.05, 0.1) is 5.69 Å². The van der Waals surface area contributed by atoms with E-state index in [1.807, 2.05) is 37.4 Å². The summed E-state index contributed by atoms with van der Waals surface area (Å²) in [6.45, 7) is 10.1. The molecule has 0 bridgehead atoms. The Morgan fingerprint density at radius 1 is 1.47 bits per heavy atom. The first-order chi connectivity index (χ1) is 7.13. The summed E-state index contributed by atoms with van der Waals surface area (Å²) in [5.74, 6) is 0. The van der Waals surface area contributed by atoms with Crippen LogP contribution in [0.1, 0.15) is 25.1 Å². The van der Waals surface area contributed by atoms with E-state index in [2.05, 4.69) is 31.5 Å². The molecule has 0 amide bonds. The Bertz CT molecular complexity index is 411. The fourth-order valence-corrected chi connectivity index (χ4v) is 1.37. The summed E-state index contributed by atoms with van der Waals surface area (Å²) < 4.78 is 0. The predicted molar refractivity (Wildman–Crippen MR) is 66.6 cm³/mol. The van der Waals surface area contributed by atoms with E-state index in [4.69, 9.17) is 0 Å². The van der Waals surface area contributed by atoms with E-state index in [0.717, 1.165) is 11.3 Å². The van der Waals surface area contributed by atoms with E-state index in [0.29, 0.717) is 0 Å². The lowest BCUT2D eigenvalue weighted by Gasteiger charge is -2.01. The lowest BCUT2D eigenvalue weighted by Crippen LogP contribution is -1.86. The van der Waals surface area contributed by atoms with Gasteiger partial charge < -0.3 is 0 Å². The van der Waals surface area contributed by atoms with Crippen molar-refractivity contribution in [1.82, 2.24) is 4.98 Å². The summed E-state index contributed by atoms with van der Waals surface area (Å²) >= 11 is 0. The molecule has 0 aliphatic heterocycles. The van der Waals surface area contributed by atoms with Gasteiger partial charge in [0.15, 0.2) is 0 Å². The second-order valence-electron chi connectivity index (χ2n) is 3.63. The van der Waals surface area contributed by atoms with Crippen molar-refractivity contribution in [3.63, 3.8) is 0 Å². The van der Waals surface area contributed by atoms with Gasteiger partial charge in [0.25, 0.3) is 0 Å². The molecule has 0 saturated carbocycles. The maximum absolute atomic E-state index is 4.28. The zero-order valence-corrected chi connectivity index (χ0v) is 9.62. The first-order valence-electron chi connectivity index (χ1n) is 5.06. The maximum atomic E-state index is 4.28. The summed E-state index contributed by atoms with van der Waals surface area (Å²) in [6, 6.07) is 4.03. The van der Waals surface area contributed by atoms with E-state index in [-0.39, 0.29) is 0 Å². The summed E-state index contributed by atoms with van der Waals surface area (Å²) in [4.78, 5) is 4.28. The van der Waals surface area contributed by atoms with Crippen LogP contribution in [0.15, 0.2) is 48.7 Å². The van der Waals surface area contributed by atoms with Crippen molar-refractivity contribution in [3.05, 3.63) is 60.0 Å². The van der Waals surface area contributed by atoms with Crippen LogP contribution in [-0.4, -0.2) is 4.98 Å². The topological polar surface area (TPSA) is 12.9 Å². The van der Waals surface area contributed by atoms with Gasteiger partial charge >= 0.3 is 0 Å². The number of aryl methyl sites for hydroxylation is 1. The SMILES string of the molecule is C=C(/C=C(C)\C=C/C)c1cc(C)ccn1. The molecule has 78 valence electrons. The summed E-state index contributed by atoms with van der Waals surface area (Å²) in [7, 11) is 0. The fourth-order valence-electron chi connectivity index (χ4n) is 1.37. The molecule has 1 nitrogen and oxygen atoms in total. The van der Waals surface area contributed by atoms with Crippen LogP contribution in [0.4, 0.5) is 0 Å². The Hall–Kier alpha value is -1.63. The van der Waals surface area contributed by atoms with Crippen LogP contribution in [0, 0.1) is 6.92 Å². The molecule has 0 N–H and O–H groups in total. The Morgan fingerprint density at radius 2 is 2.20 bits per heavy atom. The molecule has 1 aromatic heterocycles. The molecular weight excluding hydrogens is 182 g/mol. The molecule has 0 aliphatic carbocycles. The van der Waals surface area contributed by atoms with Crippen molar-refractivity contribution in [1.29, 1.82) is 0 Å². The van der Waals surface area contributed by atoms with Gasteiger partial charge in [-0.15, -0.1) is 0 Å². The lowest BCUT2D eigenvalue weighted by atomic mass is 10.1. The number of aromatic nitrogens is 1. The Kier molecular flexibility index (Phi) is 4.04. The number of nitrogens with zero attached hydrogens (tertiary/aromatic N) is 1. The van der Waals surface area contributed by atoms with E-state index in [1.165, 1.54) is 11.1 Å². The Balaban J connectivity index is 2.91. The van der Waals surface area contributed by atoms with Gasteiger partial charge in [0, 0.05) is 6.20 Å². The highest BCUT2D eigenvalue weighted by Gasteiger charge is 1.97. The van der Waals surface area contributed by atoms with Crippen LogP contribution in [0.3, 0.4) is 0 Å². The Morgan fingerprint density at radius 3 is 2.80 bits per heavy atom. The number of hydrogen-bond donors (Lipinski definition) is 0. The van der Waals surface area contributed by atoms with Crippen LogP contribution >= 0.6 is 0 Å². The predicted octanol–water partition coefficient (Wildman–Crippen LogP) is 3.93. The van der Waals surface area contributed by atoms with Crippen LogP contribution in [0.25, 0.3) is 5.57 Å². The van der Waals surface area contributed by atoms with Gasteiger partial charge in [-0.05, 0) is 44.0 Å². The third-order valence-corrected chi connectivity index (χ3v) is 2.08. The van der Waals surface area contributed by atoms with E-state index in [9.17, 15) is 0 Å². The minimum absolute atomic E-state index is 0.943. The van der Waals surface area contributed by atoms with Crippen LogP contribution in [0.5, 0.6) is 0 Å². The monoisotopic (exact) mass is 199 g/mol. The number of pyridine rings is 1. The average Bonchev–Trinajstić information content (AvgIpc) is 2.18. The molecule has 1 rings (SSSR count). The summed E-state index contributed by atoms with van der Waals surface area (Å²) in [6.07, 6.45) is 7.93. The third-order valence-electron chi connectivity index (χ3n) is 2.08. The van der Waals surface area contributed by atoms with Crippen molar-refractivity contribution in [3.8, 4) is 0 Å². The second-order valence-corrected chi connectivity index (χ2v) is 3.63. The molecule has 1 heteroatoms. The van der Waals surface area contributed by atoms with Gasteiger partial charge in [-0.2, -0.15) is 0 Å². The highest BCUT2D eigenvalue weighted by Crippen LogP contribution is 2.14. The van der Waals surface area contributed by atoms with Gasteiger partial charge in [0.2, 0.25) is 0 Å². The molecule has 0 aromatic carbocycles. The normalized spacial score (nSPS) is 12.1. The lowest BCUT2D eigenvalue weighted by molar-refractivity contribution is 1.24. The molecule has 15 heavy (non-hydrogen) atoms. The smallest absolute Gasteiger partial charge is 0.0698 e. The summed E-state index contributed by atoms with van der Waals surface area (Å²) in [5, 5.41) is 0. The maximum Gasteiger partial charge on any atom is 0.0698 e. The van der Waals surface area contributed by atoms with Gasteiger partial charge in [0.1, 0.15) is 0 Å². The molecule has 0 aliphatic rings. The van der Waals surface area contributed by atoms with Crippen molar-refractivity contribution in [2.75, 3.05) is 0 Å². The molecule has 0 fully saturated rings. The van der Waals surface area contributed by atoms with Crippen LogP contribution < -0.4 is 0 Å². The van der Waals surface area contributed by atoms with E-state index < -0.39 is 0 Å². The van der Waals surface area contributed by atoms with E-state index in [1.54, 1.807) is 0 Å². The molecular formula is C14H17N. The minimum Gasteiger partial charge on any atom is -0.256 e. The van der Waals surface area contributed by atoms with Crippen LogP contribution in [-0.2, 0) is 0 Å². The van der Waals surface area contributed by atoms with Gasteiger partial charge in [-0.3, -0.25) is 4.98 Å². The van der Waals surface area contributed by atoms with Crippen molar-refractivity contribution in [2.45, 2.75) is 20.8 Å². The number of rotatable bonds is 3. The first kappa shape index (κ1) is 11.4. The van der Waals surface area contributed by atoms with Gasteiger partial charge in [-0.1, -0.05) is 30.4 Å². The number of allylic oxidation sites excluding steroid dienone is 5. The third kappa shape index (κ3) is 3.55. The van der Waals surface area contributed by atoms with Crippen molar-refractivity contribution < 1.29 is 0 Å². The first-order valence-corrected chi connectivity index (χ1v) is 5.06. The van der Waals surface area contributed by atoms with Gasteiger partial charge in [-0.25, -0.2) is 0 Å². The van der Waals surface area contributed by atoms with E-state index >= 15 is 0 Å². The average molecular weight is 199 g/mol. The number of hydrogen-bond acceptors (Lipinski definition) is 1. The van der Waals surface area contributed by atoms with Crippen molar-refractivity contribution in [2.24, 2.45) is 0 Å². The highest BCUT2D eigenvalue weighted by atomic mass is 14.7. The standard InChI is InChI=1S/C14H17N/c1-5-6-11(2)9-13(4)14-10-12(3)7-8-15-14/h5-10H,4H2,1-3H3/b6-5-,11-9-.